The van der Waals surface area contributed by atoms with Crippen molar-refractivity contribution in [3.63, 3.8) is 0 Å². The topological polar surface area (TPSA) is 46.8 Å². The van der Waals surface area contributed by atoms with Crippen LogP contribution >= 0.6 is 0 Å². The van der Waals surface area contributed by atoms with Gasteiger partial charge in [0.1, 0.15) is 17.1 Å². The number of pyridine rings is 1. The van der Waals surface area contributed by atoms with Crippen LogP contribution in [-0.4, -0.2) is 17.6 Å². The van der Waals surface area contributed by atoms with Gasteiger partial charge in [-0.1, -0.05) is 0 Å². The molecular formula is C17H16FN3O. The molecule has 3 rings (SSSR count). The largest absolute Gasteiger partial charge is 0.497 e. The number of aromatic nitrogens is 1. The van der Waals surface area contributed by atoms with E-state index >= 15 is 0 Å². The molecule has 0 fully saturated rings. The Kier molecular flexibility index (Phi) is 3.48. The van der Waals surface area contributed by atoms with E-state index in [0.717, 1.165) is 11.1 Å². The first-order valence-electron chi connectivity index (χ1n) is 6.94. The van der Waals surface area contributed by atoms with Gasteiger partial charge in [-0.25, -0.2) is 4.39 Å². The Labute approximate surface area is 128 Å². The Morgan fingerprint density at radius 2 is 1.77 bits per heavy atom. The minimum Gasteiger partial charge on any atom is -0.497 e. The van der Waals surface area contributed by atoms with Crippen molar-refractivity contribution in [3.8, 4) is 5.75 Å². The Bertz CT molecular complexity index is 767. The second-order valence-corrected chi connectivity index (χ2v) is 5.60. The second-order valence-electron chi connectivity index (χ2n) is 5.60. The lowest BCUT2D eigenvalue weighted by molar-refractivity contribution is 0.411. The Morgan fingerprint density at radius 1 is 1.05 bits per heavy atom. The lowest BCUT2D eigenvalue weighted by Gasteiger charge is -2.19. The van der Waals surface area contributed by atoms with Crippen LogP contribution in [0.1, 0.15) is 25.0 Å². The molecule has 1 aromatic heterocycles. The van der Waals surface area contributed by atoms with Gasteiger partial charge in [0.25, 0.3) is 0 Å². The van der Waals surface area contributed by atoms with Gasteiger partial charge in [-0.2, -0.15) is 10.2 Å². The number of nitrogens with zero attached hydrogens (tertiary/aromatic N) is 3. The third-order valence-corrected chi connectivity index (χ3v) is 3.60. The molecule has 0 N–H and O–H groups in total. The minimum atomic E-state index is -0.476. The van der Waals surface area contributed by atoms with Crippen LogP contribution < -0.4 is 4.74 Å². The van der Waals surface area contributed by atoms with Crippen LogP contribution in [0.4, 0.5) is 4.39 Å². The van der Waals surface area contributed by atoms with Crippen molar-refractivity contribution in [1.82, 2.24) is 4.98 Å². The standard InChI is InChI=1S/C17H16FN3O/c1-17(2)15(11-4-6-19-7-5-11)16(20-21-17)12-8-13(18)10-14(9-12)22-3/h4-10H,1-3H3. The molecule has 0 saturated carbocycles. The predicted octanol–water partition coefficient (Wildman–Crippen LogP) is 4.34. The fourth-order valence-electron chi connectivity index (χ4n) is 2.59. The SMILES string of the molecule is COc1cc(F)cc(C2=C(c3ccncc3)C(C)(C)N=N2)c1. The zero-order valence-corrected chi connectivity index (χ0v) is 12.7. The zero-order valence-electron chi connectivity index (χ0n) is 12.7. The Balaban J connectivity index is 2.22. The molecule has 22 heavy (non-hydrogen) atoms. The summed E-state index contributed by atoms with van der Waals surface area (Å²) in [6, 6.07) is 8.36. The van der Waals surface area contributed by atoms with Crippen LogP contribution in [-0.2, 0) is 0 Å². The first-order chi connectivity index (χ1) is 10.5. The minimum absolute atomic E-state index is 0.365. The van der Waals surface area contributed by atoms with Gasteiger partial charge < -0.3 is 4.74 Å². The van der Waals surface area contributed by atoms with Crippen LogP contribution in [0.25, 0.3) is 11.3 Å². The molecule has 2 aromatic rings. The van der Waals surface area contributed by atoms with Gasteiger partial charge in [0, 0.05) is 29.6 Å². The Morgan fingerprint density at radius 3 is 2.45 bits per heavy atom. The molecule has 2 heterocycles. The molecule has 1 aromatic carbocycles. The van der Waals surface area contributed by atoms with Crippen molar-refractivity contribution in [2.45, 2.75) is 19.4 Å². The van der Waals surface area contributed by atoms with Gasteiger partial charge in [0.2, 0.25) is 0 Å². The van der Waals surface area contributed by atoms with E-state index in [1.807, 2.05) is 26.0 Å². The summed E-state index contributed by atoms with van der Waals surface area (Å²) in [5, 5.41) is 8.63. The summed E-state index contributed by atoms with van der Waals surface area (Å²) >= 11 is 0. The third-order valence-electron chi connectivity index (χ3n) is 3.60. The normalized spacial score (nSPS) is 16.2. The number of ether oxygens (including phenoxy) is 1. The van der Waals surface area contributed by atoms with Crippen molar-refractivity contribution in [2.24, 2.45) is 10.2 Å². The number of benzene rings is 1. The molecule has 0 radical (unpaired) electrons. The summed E-state index contributed by atoms with van der Waals surface area (Å²) in [6.45, 7) is 3.96. The molecule has 0 amide bonds. The maximum absolute atomic E-state index is 13.8. The summed E-state index contributed by atoms with van der Waals surface area (Å²) in [7, 11) is 1.51. The lowest BCUT2D eigenvalue weighted by atomic mass is 9.87. The van der Waals surface area contributed by atoms with E-state index in [2.05, 4.69) is 15.2 Å². The monoisotopic (exact) mass is 297 g/mol. The summed E-state index contributed by atoms with van der Waals surface area (Å²) in [5.74, 6) is 0.0901. The van der Waals surface area contributed by atoms with Crippen LogP contribution in [0.3, 0.4) is 0 Å². The van der Waals surface area contributed by atoms with Crippen molar-refractivity contribution < 1.29 is 9.13 Å². The highest BCUT2D eigenvalue weighted by Gasteiger charge is 2.33. The first kappa shape index (κ1) is 14.4. The zero-order chi connectivity index (χ0) is 15.7. The molecule has 4 nitrogen and oxygen atoms in total. The third kappa shape index (κ3) is 2.50. The predicted molar refractivity (Wildman–Crippen MR) is 82.9 cm³/mol. The Hall–Kier alpha value is -2.56. The van der Waals surface area contributed by atoms with E-state index in [4.69, 9.17) is 4.74 Å². The molecule has 0 spiro atoms. The van der Waals surface area contributed by atoms with Gasteiger partial charge in [0.15, 0.2) is 0 Å². The average molecular weight is 297 g/mol. The summed E-state index contributed by atoms with van der Waals surface area (Å²) in [5.41, 5.74) is 2.76. The molecule has 1 aliphatic heterocycles. The molecule has 0 atom stereocenters. The summed E-state index contributed by atoms with van der Waals surface area (Å²) < 4.78 is 18.9. The number of halogens is 1. The van der Waals surface area contributed by atoms with Crippen LogP contribution in [0.5, 0.6) is 5.75 Å². The molecule has 5 heteroatoms. The van der Waals surface area contributed by atoms with Gasteiger partial charge in [0.05, 0.1) is 12.8 Å². The van der Waals surface area contributed by atoms with Gasteiger partial charge in [-0.05, 0) is 43.7 Å². The van der Waals surface area contributed by atoms with E-state index in [0.29, 0.717) is 17.0 Å². The quantitative estimate of drug-likeness (QED) is 0.846. The van der Waals surface area contributed by atoms with E-state index in [1.165, 1.54) is 19.2 Å². The van der Waals surface area contributed by atoms with E-state index in [1.54, 1.807) is 18.5 Å². The summed E-state index contributed by atoms with van der Waals surface area (Å²) in [4.78, 5) is 4.04. The fraction of sp³-hybridized carbons (Fsp3) is 0.235. The van der Waals surface area contributed by atoms with E-state index in [9.17, 15) is 4.39 Å². The highest BCUT2D eigenvalue weighted by Crippen LogP contribution is 2.43. The maximum atomic E-state index is 13.8. The smallest absolute Gasteiger partial charge is 0.127 e. The van der Waals surface area contributed by atoms with Crippen molar-refractivity contribution >= 4 is 11.3 Å². The number of methoxy groups -OCH3 is 1. The van der Waals surface area contributed by atoms with Crippen molar-refractivity contribution in [2.75, 3.05) is 7.11 Å². The van der Waals surface area contributed by atoms with Crippen LogP contribution in [0.2, 0.25) is 0 Å². The fourth-order valence-corrected chi connectivity index (χ4v) is 2.59. The average Bonchev–Trinajstić information content (AvgIpc) is 2.83. The van der Waals surface area contributed by atoms with Crippen LogP contribution in [0.15, 0.2) is 53.0 Å². The molecule has 0 unspecified atom stereocenters. The van der Waals surface area contributed by atoms with E-state index < -0.39 is 5.54 Å². The van der Waals surface area contributed by atoms with Gasteiger partial charge in [-0.3, -0.25) is 4.98 Å². The second kappa shape index (κ2) is 5.33. The first-order valence-corrected chi connectivity index (χ1v) is 6.94. The molecule has 0 saturated heterocycles. The molecule has 0 aliphatic carbocycles. The summed E-state index contributed by atoms with van der Waals surface area (Å²) in [6.07, 6.45) is 3.45. The lowest BCUT2D eigenvalue weighted by Crippen LogP contribution is -2.16. The van der Waals surface area contributed by atoms with Crippen molar-refractivity contribution in [1.29, 1.82) is 0 Å². The van der Waals surface area contributed by atoms with Gasteiger partial charge in [-0.15, -0.1) is 0 Å². The highest BCUT2D eigenvalue weighted by molar-refractivity contribution is 5.95. The number of hydrogen-bond acceptors (Lipinski definition) is 4. The molecule has 112 valence electrons. The van der Waals surface area contributed by atoms with E-state index in [-0.39, 0.29) is 5.82 Å². The maximum Gasteiger partial charge on any atom is 0.127 e. The molecular weight excluding hydrogens is 281 g/mol. The highest BCUT2D eigenvalue weighted by atomic mass is 19.1. The number of hydrogen-bond donors (Lipinski definition) is 0. The number of azo groups is 1. The van der Waals surface area contributed by atoms with Crippen LogP contribution in [0, 0.1) is 5.82 Å². The van der Waals surface area contributed by atoms with Crippen molar-refractivity contribution in [3.05, 3.63) is 59.7 Å². The molecule has 1 aliphatic rings. The number of rotatable bonds is 3. The van der Waals surface area contributed by atoms with Gasteiger partial charge >= 0.3 is 0 Å². The molecule has 0 bridgehead atoms.